The van der Waals surface area contributed by atoms with Crippen LogP contribution in [0, 0.1) is 19.3 Å². The summed E-state index contributed by atoms with van der Waals surface area (Å²) in [7, 11) is 0. The van der Waals surface area contributed by atoms with E-state index in [1.807, 2.05) is 26.0 Å². The van der Waals surface area contributed by atoms with Crippen molar-refractivity contribution in [3.05, 3.63) is 29.3 Å². The first-order chi connectivity index (χ1) is 7.58. The zero-order valence-electron chi connectivity index (χ0n) is 9.66. The molecule has 3 nitrogen and oxygen atoms in total. The highest BCUT2D eigenvalue weighted by atomic mass is 16.2. The molecule has 0 atom stereocenters. The molecule has 1 rings (SSSR count). The minimum atomic E-state index is -0.0733. The molecule has 0 bridgehead atoms. The van der Waals surface area contributed by atoms with Gasteiger partial charge in [-0.1, -0.05) is 5.92 Å². The maximum Gasteiger partial charge on any atom is 0.254 e. The minimum absolute atomic E-state index is 0.0733. The molecular formula is C13H16N2O. The Morgan fingerprint density at radius 1 is 1.50 bits per heavy atom. The number of nitrogens with two attached hydrogens (primary N) is 1. The molecule has 0 saturated heterocycles. The predicted molar refractivity (Wildman–Crippen MR) is 66.0 cm³/mol. The summed E-state index contributed by atoms with van der Waals surface area (Å²) in [5, 5.41) is 0. The molecule has 0 heterocycles. The van der Waals surface area contributed by atoms with Crippen LogP contribution in [0.5, 0.6) is 0 Å². The van der Waals surface area contributed by atoms with Crippen LogP contribution < -0.4 is 5.73 Å². The molecule has 3 heteroatoms. The van der Waals surface area contributed by atoms with Crippen molar-refractivity contribution in [2.75, 3.05) is 18.8 Å². The van der Waals surface area contributed by atoms with Crippen LogP contribution in [0.2, 0.25) is 0 Å². The van der Waals surface area contributed by atoms with E-state index in [0.717, 1.165) is 5.56 Å². The smallest absolute Gasteiger partial charge is 0.254 e. The summed E-state index contributed by atoms with van der Waals surface area (Å²) in [5.41, 5.74) is 7.86. The fourth-order valence-electron chi connectivity index (χ4n) is 1.56. The summed E-state index contributed by atoms with van der Waals surface area (Å²) in [6.07, 6.45) is 5.21. The van der Waals surface area contributed by atoms with Crippen LogP contribution in [0.25, 0.3) is 0 Å². The van der Waals surface area contributed by atoms with Crippen molar-refractivity contribution in [1.29, 1.82) is 0 Å². The minimum Gasteiger partial charge on any atom is -0.399 e. The zero-order valence-corrected chi connectivity index (χ0v) is 9.66. The van der Waals surface area contributed by atoms with Crippen molar-refractivity contribution in [2.45, 2.75) is 13.8 Å². The van der Waals surface area contributed by atoms with Crippen LogP contribution in [-0.2, 0) is 0 Å². The highest BCUT2D eigenvalue weighted by Crippen LogP contribution is 2.13. The van der Waals surface area contributed by atoms with Crippen LogP contribution in [0.15, 0.2) is 18.2 Å². The van der Waals surface area contributed by atoms with Gasteiger partial charge >= 0.3 is 0 Å². The summed E-state index contributed by atoms with van der Waals surface area (Å²) in [6, 6.07) is 5.32. The number of carbonyl (C=O) groups excluding carboxylic acids is 1. The number of nitrogen functional groups attached to an aromatic ring is 1. The third kappa shape index (κ3) is 2.77. The van der Waals surface area contributed by atoms with Gasteiger partial charge in [-0.05, 0) is 37.6 Å². The Morgan fingerprint density at radius 3 is 2.69 bits per heavy atom. The first-order valence-corrected chi connectivity index (χ1v) is 5.18. The molecule has 0 aliphatic heterocycles. The highest BCUT2D eigenvalue weighted by Gasteiger charge is 2.13. The van der Waals surface area contributed by atoms with E-state index in [1.165, 1.54) is 0 Å². The first kappa shape index (κ1) is 12.1. The lowest BCUT2D eigenvalue weighted by Crippen LogP contribution is -2.31. The van der Waals surface area contributed by atoms with Crippen molar-refractivity contribution >= 4 is 11.6 Å². The molecule has 1 amide bonds. The van der Waals surface area contributed by atoms with Crippen molar-refractivity contribution < 1.29 is 4.79 Å². The van der Waals surface area contributed by atoms with E-state index < -0.39 is 0 Å². The third-order valence-corrected chi connectivity index (χ3v) is 2.30. The van der Waals surface area contributed by atoms with Gasteiger partial charge in [-0.15, -0.1) is 6.42 Å². The molecule has 2 N–H and O–H groups in total. The van der Waals surface area contributed by atoms with Crippen LogP contribution >= 0.6 is 0 Å². The molecule has 1 aromatic rings. The Hall–Kier alpha value is -1.95. The number of aryl methyl sites for hydroxylation is 1. The van der Waals surface area contributed by atoms with Crippen LogP contribution in [0.3, 0.4) is 0 Å². The second-order valence-electron chi connectivity index (χ2n) is 3.66. The van der Waals surface area contributed by atoms with Gasteiger partial charge in [0, 0.05) is 17.8 Å². The van der Waals surface area contributed by atoms with Crippen molar-refractivity contribution in [3.8, 4) is 12.3 Å². The number of rotatable bonds is 3. The largest absolute Gasteiger partial charge is 0.399 e. The van der Waals surface area contributed by atoms with E-state index in [0.29, 0.717) is 24.3 Å². The maximum absolute atomic E-state index is 12.0. The van der Waals surface area contributed by atoms with E-state index in [2.05, 4.69) is 5.92 Å². The number of hydrogen-bond acceptors (Lipinski definition) is 2. The predicted octanol–water partition coefficient (Wildman–Crippen LogP) is 1.67. The second kappa shape index (κ2) is 5.22. The van der Waals surface area contributed by atoms with Crippen LogP contribution in [0.4, 0.5) is 5.69 Å². The van der Waals surface area contributed by atoms with Gasteiger partial charge in [-0.2, -0.15) is 0 Å². The van der Waals surface area contributed by atoms with E-state index in [1.54, 1.807) is 11.0 Å². The van der Waals surface area contributed by atoms with Gasteiger partial charge in [0.05, 0.1) is 6.54 Å². The molecule has 0 aliphatic carbocycles. The lowest BCUT2D eigenvalue weighted by atomic mass is 10.1. The molecule has 0 fully saturated rings. The van der Waals surface area contributed by atoms with Gasteiger partial charge in [0.15, 0.2) is 0 Å². The molecule has 0 unspecified atom stereocenters. The average molecular weight is 216 g/mol. The van der Waals surface area contributed by atoms with Crippen LogP contribution in [-0.4, -0.2) is 23.9 Å². The quantitative estimate of drug-likeness (QED) is 0.617. The van der Waals surface area contributed by atoms with E-state index in [9.17, 15) is 4.79 Å². The fraction of sp³-hybridized carbons (Fsp3) is 0.308. The standard InChI is InChI=1S/C13H16N2O/c1-4-6-15(5-2)13(16)11-7-10(3)8-12(14)9-11/h1,7-9H,5-6,14H2,2-3H3. The molecule has 16 heavy (non-hydrogen) atoms. The normalized spacial score (nSPS) is 9.56. The Labute approximate surface area is 96.2 Å². The van der Waals surface area contributed by atoms with Gasteiger partial charge in [0.1, 0.15) is 0 Å². The lowest BCUT2D eigenvalue weighted by molar-refractivity contribution is 0.0785. The van der Waals surface area contributed by atoms with Gasteiger partial charge in [-0.3, -0.25) is 4.79 Å². The Morgan fingerprint density at radius 2 is 2.19 bits per heavy atom. The molecule has 0 spiro atoms. The van der Waals surface area contributed by atoms with E-state index >= 15 is 0 Å². The van der Waals surface area contributed by atoms with Gasteiger partial charge in [0.2, 0.25) is 0 Å². The maximum atomic E-state index is 12.0. The molecular weight excluding hydrogens is 200 g/mol. The second-order valence-corrected chi connectivity index (χ2v) is 3.66. The molecule has 0 aromatic heterocycles. The van der Waals surface area contributed by atoms with Crippen molar-refractivity contribution in [3.63, 3.8) is 0 Å². The highest BCUT2D eigenvalue weighted by molar-refractivity contribution is 5.95. The number of nitrogens with zero attached hydrogens (tertiary/aromatic N) is 1. The Balaban J connectivity index is 2.99. The number of hydrogen-bond donors (Lipinski definition) is 1. The number of anilines is 1. The number of amides is 1. The fourth-order valence-corrected chi connectivity index (χ4v) is 1.56. The summed E-state index contributed by atoms with van der Waals surface area (Å²) >= 11 is 0. The summed E-state index contributed by atoms with van der Waals surface area (Å²) < 4.78 is 0. The zero-order chi connectivity index (χ0) is 12.1. The van der Waals surface area contributed by atoms with E-state index in [-0.39, 0.29) is 5.91 Å². The van der Waals surface area contributed by atoms with Crippen LogP contribution in [0.1, 0.15) is 22.8 Å². The topological polar surface area (TPSA) is 46.3 Å². The number of carbonyl (C=O) groups is 1. The average Bonchev–Trinajstić information content (AvgIpc) is 2.23. The summed E-state index contributed by atoms with van der Waals surface area (Å²) in [6.45, 7) is 4.72. The van der Waals surface area contributed by atoms with E-state index in [4.69, 9.17) is 12.2 Å². The SMILES string of the molecule is C#CCN(CC)C(=O)c1cc(C)cc(N)c1. The van der Waals surface area contributed by atoms with Crippen molar-refractivity contribution in [1.82, 2.24) is 4.90 Å². The molecule has 0 radical (unpaired) electrons. The molecule has 1 aromatic carbocycles. The molecule has 0 aliphatic rings. The monoisotopic (exact) mass is 216 g/mol. The lowest BCUT2D eigenvalue weighted by Gasteiger charge is -2.18. The van der Waals surface area contributed by atoms with Gasteiger partial charge in [0.25, 0.3) is 5.91 Å². The van der Waals surface area contributed by atoms with Gasteiger partial charge in [-0.25, -0.2) is 0 Å². The van der Waals surface area contributed by atoms with Gasteiger partial charge < -0.3 is 10.6 Å². The molecule has 0 saturated carbocycles. The Bertz CT molecular complexity index is 412. The summed E-state index contributed by atoms with van der Waals surface area (Å²) in [4.78, 5) is 13.7. The summed E-state index contributed by atoms with van der Waals surface area (Å²) in [5.74, 6) is 2.40. The number of terminal acetylenes is 1. The van der Waals surface area contributed by atoms with Crippen molar-refractivity contribution in [2.24, 2.45) is 0 Å². The Kier molecular flexibility index (Phi) is 3.96. The third-order valence-electron chi connectivity index (χ3n) is 2.30. The molecule has 84 valence electrons. The first-order valence-electron chi connectivity index (χ1n) is 5.18. The number of benzene rings is 1.